The van der Waals surface area contributed by atoms with Crippen LogP contribution in [0.4, 0.5) is 5.69 Å². The maximum atomic E-state index is 11.9. The van der Waals surface area contributed by atoms with Crippen molar-refractivity contribution in [1.29, 1.82) is 5.26 Å². The summed E-state index contributed by atoms with van der Waals surface area (Å²) in [6, 6.07) is 13.4. The highest BCUT2D eigenvalue weighted by Gasteiger charge is 2.12. The van der Waals surface area contributed by atoms with Crippen molar-refractivity contribution in [2.45, 2.75) is 4.90 Å². The van der Waals surface area contributed by atoms with Crippen molar-refractivity contribution >= 4 is 16.8 Å². The van der Waals surface area contributed by atoms with E-state index in [1.807, 2.05) is 6.07 Å². The Morgan fingerprint density at radius 1 is 1.20 bits per heavy atom. The number of benzene rings is 2. The number of non-ortho nitro benzene ring substituents is 1. The fraction of sp³-hybridized carbons (Fsp3) is 0. The lowest BCUT2D eigenvalue weighted by Gasteiger charge is -2.04. The Hall–Kier alpha value is -2.72. The fourth-order valence-corrected chi connectivity index (χ4v) is 2.21. The van der Waals surface area contributed by atoms with Gasteiger partial charge in [-0.05, 0) is 30.3 Å². The number of nitrogens with zero attached hydrogens (tertiary/aromatic N) is 2. The number of nitriles is 1. The van der Waals surface area contributed by atoms with Crippen LogP contribution in [0.5, 0.6) is 5.75 Å². The molecule has 2 aromatic carbocycles. The van der Waals surface area contributed by atoms with E-state index in [0.29, 0.717) is 11.3 Å². The average molecular weight is 288 g/mol. The molecular formula is C13H8N2O4S. The van der Waals surface area contributed by atoms with Crippen LogP contribution in [0.1, 0.15) is 5.56 Å². The standard InChI is InChI=1S/C13H8N2O4S/c14-9-10-4-6-12(7-5-10)19-20(18)13-3-1-2-11(8-13)15(16)17/h1-8H. The van der Waals surface area contributed by atoms with Gasteiger partial charge in [-0.15, -0.1) is 0 Å². The molecule has 2 rings (SSSR count). The maximum absolute atomic E-state index is 11.9. The van der Waals surface area contributed by atoms with Gasteiger partial charge in [0.05, 0.1) is 21.5 Å². The first-order valence-corrected chi connectivity index (χ1v) is 6.52. The molecule has 0 aliphatic rings. The SMILES string of the molecule is N#Cc1ccc(OS(=O)c2cccc([N+](=O)[O-])c2)cc1. The monoisotopic (exact) mass is 288 g/mol. The zero-order chi connectivity index (χ0) is 14.5. The van der Waals surface area contributed by atoms with E-state index in [1.54, 1.807) is 0 Å². The summed E-state index contributed by atoms with van der Waals surface area (Å²) in [5, 5.41) is 19.3. The second kappa shape index (κ2) is 5.95. The largest absolute Gasteiger partial charge is 0.397 e. The number of nitro benzene ring substituents is 1. The minimum Gasteiger partial charge on any atom is -0.397 e. The summed E-state index contributed by atoms with van der Waals surface area (Å²) in [5.41, 5.74) is 0.303. The molecule has 1 unspecified atom stereocenters. The van der Waals surface area contributed by atoms with Crippen molar-refractivity contribution in [2.24, 2.45) is 0 Å². The normalized spacial score (nSPS) is 11.3. The topological polar surface area (TPSA) is 93.2 Å². The lowest BCUT2D eigenvalue weighted by Crippen LogP contribution is -2.01. The third-order valence-electron chi connectivity index (χ3n) is 2.38. The van der Waals surface area contributed by atoms with Crippen LogP contribution in [0.3, 0.4) is 0 Å². The minimum atomic E-state index is -1.86. The van der Waals surface area contributed by atoms with Crippen LogP contribution < -0.4 is 4.18 Å². The quantitative estimate of drug-likeness (QED) is 0.636. The molecule has 1 atom stereocenters. The molecule has 2 aromatic rings. The summed E-state index contributed by atoms with van der Waals surface area (Å²) >= 11 is -1.86. The Kier molecular flexibility index (Phi) is 4.08. The molecule has 0 aromatic heterocycles. The summed E-state index contributed by atoms with van der Waals surface area (Å²) in [6.07, 6.45) is 0. The van der Waals surface area contributed by atoms with Gasteiger partial charge in [-0.1, -0.05) is 6.07 Å². The lowest BCUT2D eigenvalue weighted by molar-refractivity contribution is -0.385. The molecule has 20 heavy (non-hydrogen) atoms. The summed E-state index contributed by atoms with van der Waals surface area (Å²) in [6.45, 7) is 0. The third kappa shape index (κ3) is 3.18. The van der Waals surface area contributed by atoms with Crippen LogP contribution in [0, 0.1) is 21.4 Å². The Bertz CT molecular complexity index is 707. The average Bonchev–Trinajstić information content (AvgIpc) is 2.48. The van der Waals surface area contributed by atoms with Crippen molar-refractivity contribution in [3.8, 4) is 11.8 Å². The van der Waals surface area contributed by atoms with E-state index < -0.39 is 16.0 Å². The van der Waals surface area contributed by atoms with Crippen molar-refractivity contribution in [3.63, 3.8) is 0 Å². The van der Waals surface area contributed by atoms with Crippen molar-refractivity contribution < 1.29 is 13.3 Å². The summed E-state index contributed by atoms with van der Waals surface area (Å²) in [7, 11) is 0. The second-order valence-corrected chi connectivity index (χ2v) is 4.82. The van der Waals surface area contributed by atoms with Crippen LogP contribution in [0.25, 0.3) is 0 Å². The van der Waals surface area contributed by atoms with Gasteiger partial charge >= 0.3 is 0 Å². The molecule has 100 valence electrons. The van der Waals surface area contributed by atoms with Gasteiger partial charge in [0.1, 0.15) is 5.75 Å². The Labute approximate surface area is 117 Å². The van der Waals surface area contributed by atoms with E-state index in [-0.39, 0.29) is 10.6 Å². The summed E-state index contributed by atoms with van der Waals surface area (Å²) < 4.78 is 17.1. The first kappa shape index (κ1) is 13.7. The molecule has 0 fully saturated rings. The molecular weight excluding hydrogens is 280 g/mol. The first-order valence-electron chi connectivity index (χ1n) is 5.45. The number of nitro groups is 1. The van der Waals surface area contributed by atoms with E-state index in [1.165, 1.54) is 48.5 Å². The molecule has 7 heteroatoms. The van der Waals surface area contributed by atoms with Crippen LogP contribution in [-0.4, -0.2) is 9.13 Å². The molecule has 6 nitrogen and oxygen atoms in total. The van der Waals surface area contributed by atoms with Crippen molar-refractivity contribution in [3.05, 3.63) is 64.2 Å². The second-order valence-electron chi connectivity index (χ2n) is 3.71. The Morgan fingerprint density at radius 2 is 1.90 bits per heavy atom. The van der Waals surface area contributed by atoms with E-state index in [0.717, 1.165) is 0 Å². The number of hydrogen-bond acceptors (Lipinski definition) is 5. The number of rotatable bonds is 4. The Balaban J connectivity index is 2.17. The molecule has 0 radical (unpaired) electrons. The molecule has 0 aliphatic heterocycles. The summed E-state index contributed by atoms with van der Waals surface area (Å²) in [4.78, 5) is 10.3. The molecule has 0 spiro atoms. The van der Waals surface area contributed by atoms with Crippen molar-refractivity contribution in [2.75, 3.05) is 0 Å². The fourth-order valence-electron chi connectivity index (χ4n) is 1.42. The van der Waals surface area contributed by atoms with Crippen molar-refractivity contribution in [1.82, 2.24) is 0 Å². The maximum Gasteiger partial charge on any atom is 0.270 e. The molecule has 0 saturated heterocycles. The molecule has 0 heterocycles. The molecule has 0 N–H and O–H groups in total. The molecule has 0 bridgehead atoms. The molecule has 0 amide bonds. The van der Waals surface area contributed by atoms with Gasteiger partial charge in [0.2, 0.25) is 11.1 Å². The first-order chi connectivity index (χ1) is 9.60. The highest BCUT2D eigenvalue weighted by Crippen LogP contribution is 2.19. The molecule has 0 saturated carbocycles. The van der Waals surface area contributed by atoms with Crippen LogP contribution in [0.2, 0.25) is 0 Å². The predicted octanol–water partition coefficient (Wildman–Crippen LogP) is 2.57. The predicted molar refractivity (Wildman–Crippen MR) is 71.3 cm³/mol. The van der Waals surface area contributed by atoms with E-state index in [9.17, 15) is 14.3 Å². The highest BCUT2D eigenvalue weighted by atomic mass is 32.2. The van der Waals surface area contributed by atoms with Gasteiger partial charge in [-0.25, -0.2) is 4.21 Å². The van der Waals surface area contributed by atoms with Gasteiger partial charge in [0.15, 0.2) is 0 Å². The van der Waals surface area contributed by atoms with Gasteiger partial charge in [-0.3, -0.25) is 10.1 Å². The van der Waals surface area contributed by atoms with E-state index in [4.69, 9.17) is 9.44 Å². The summed E-state index contributed by atoms with van der Waals surface area (Å²) in [5.74, 6) is 0.314. The zero-order valence-corrected chi connectivity index (χ0v) is 10.9. The van der Waals surface area contributed by atoms with E-state index in [2.05, 4.69) is 0 Å². The zero-order valence-electron chi connectivity index (χ0n) is 10.1. The minimum absolute atomic E-state index is 0.153. The smallest absolute Gasteiger partial charge is 0.270 e. The molecule has 0 aliphatic carbocycles. The van der Waals surface area contributed by atoms with Gasteiger partial charge in [0.25, 0.3) is 5.69 Å². The van der Waals surface area contributed by atoms with Gasteiger partial charge in [-0.2, -0.15) is 5.26 Å². The Morgan fingerprint density at radius 3 is 2.50 bits per heavy atom. The van der Waals surface area contributed by atoms with Gasteiger partial charge in [0, 0.05) is 12.1 Å². The van der Waals surface area contributed by atoms with Gasteiger partial charge < -0.3 is 4.18 Å². The van der Waals surface area contributed by atoms with Crippen LogP contribution >= 0.6 is 0 Å². The van der Waals surface area contributed by atoms with Crippen LogP contribution in [0.15, 0.2) is 53.4 Å². The van der Waals surface area contributed by atoms with E-state index >= 15 is 0 Å². The number of hydrogen-bond donors (Lipinski definition) is 0. The lowest BCUT2D eigenvalue weighted by atomic mass is 10.2. The third-order valence-corrected chi connectivity index (χ3v) is 3.36. The van der Waals surface area contributed by atoms with Crippen LogP contribution in [-0.2, 0) is 11.1 Å². The highest BCUT2D eigenvalue weighted by molar-refractivity contribution is 7.80.